The maximum atomic E-state index is 6.10. The molecule has 102 valence electrons. The van der Waals surface area contributed by atoms with Gasteiger partial charge in [-0.1, -0.05) is 19.8 Å². The fourth-order valence-corrected chi connectivity index (χ4v) is 4.23. The molecule has 18 heavy (non-hydrogen) atoms. The Balaban J connectivity index is 2.21. The Morgan fingerprint density at radius 2 is 2.28 bits per heavy atom. The number of likely N-dealkylation sites (tertiary alicyclic amines) is 1. The molecule has 2 heterocycles. The zero-order valence-corrected chi connectivity index (χ0v) is 12.5. The second kappa shape index (κ2) is 6.69. The molecule has 0 aromatic carbocycles. The van der Waals surface area contributed by atoms with Crippen LogP contribution in [0.3, 0.4) is 0 Å². The fraction of sp³-hybridized carbons (Fsp3) is 0.733. The van der Waals surface area contributed by atoms with Crippen molar-refractivity contribution in [3.05, 3.63) is 21.9 Å². The predicted octanol–water partition coefficient (Wildman–Crippen LogP) is 3.71. The number of hydrogen-bond donors (Lipinski definition) is 1. The van der Waals surface area contributed by atoms with Crippen LogP contribution in [-0.4, -0.2) is 24.0 Å². The molecule has 0 aliphatic carbocycles. The first-order valence-corrected chi connectivity index (χ1v) is 8.15. The molecule has 1 fully saturated rings. The van der Waals surface area contributed by atoms with Crippen LogP contribution in [0.15, 0.2) is 11.4 Å². The van der Waals surface area contributed by atoms with Crippen molar-refractivity contribution in [1.29, 1.82) is 0 Å². The van der Waals surface area contributed by atoms with Crippen LogP contribution in [0.1, 0.15) is 55.5 Å². The van der Waals surface area contributed by atoms with Gasteiger partial charge in [0.1, 0.15) is 0 Å². The van der Waals surface area contributed by atoms with Crippen LogP contribution >= 0.6 is 11.3 Å². The molecule has 0 spiro atoms. The summed E-state index contributed by atoms with van der Waals surface area (Å²) in [5, 5.41) is 2.20. The van der Waals surface area contributed by atoms with E-state index in [0.717, 1.165) is 12.6 Å². The molecule has 1 aliphatic rings. The van der Waals surface area contributed by atoms with Gasteiger partial charge < -0.3 is 5.73 Å². The van der Waals surface area contributed by atoms with E-state index >= 15 is 0 Å². The Morgan fingerprint density at radius 3 is 2.89 bits per heavy atom. The summed E-state index contributed by atoms with van der Waals surface area (Å²) in [4.78, 5) is 4.17. The molecule has 0 saturated carbocycles. The second-order valence-electron chi connectivity index (χ2n) is 5.37. The minimum Gasteiger partial charge on any atom is -0.329 e. The van der Waals surface area contributed by atoms with Gasteiger partial charge in [0, 0.05) is 17.5 Å². The lowest BCUT2D eigenvalue weighted by Crippen LogP contribution is -2.40. The van der Waals surface area contributed by atoms with E-state index in [4.69, 9.17) is 5.73 Å². The third kappa shape index (κ3) is 2.95. The zero-order valence-electron chi connectivity index (χ0n) is 11.7. The SMILES string of the molecule is CCC1CCCCCN1C(CN)c1sccc1C. The first kappa shape index (κ1) is 14.0. The highest BCUT2D eigenvalue weighted by molar-refractivity contribution is 7.10. The van der Waals surface area contributed by atoms with Crippen molar-refractivity contribution in [2.75, 3.05) is 13.1 Å². The summed E-state index contributed by atoms with van der Waals surface area (Å²) < 4.78 is 0. The minimum atomic E-state index is 0.438. The maximum absolute atomic E-state index is 6.10. The molecule has 0 radical (unpaired) electrons. The molecule has 1 aliphatic heterocycles. The Hall–Kier alpha value is -0.380. The Labute approximate surface area is 115 Å². The van der Waals surface area contributed by atoms with Crippen LogP contribution in [-0.2, 0) is 0 Å². The van der Waals surface area contributed by atoms with Crippen molar-refractivity contribution in [2.45, 2.75) is 58.0 Å². The lowest BCUT2D eigenvalue weighted by Gasteiger charge is -2.36. The van der Waals surface area contributed by atoms with Crippen LogP contribution in [0.4, 0.5) is 0 Å². The molecule has 0 bridgehead atoms. The summed E-state index contributed by atoms with van der Waals surface area (Å²) in [6.07, 6.45) is 6.69. The highest BCUT2D eigenvalue weighted by atomic mass is 32.1. The van der Waals surface area contributed by atoms with Gasteiger partial charge in [-0.05, 0) is 49.7 Å². The smallest absolute Gasteiger partial charge is 0.0569 e. The van der Waals surface area contributed by atoms with E-state index in [-0.39, 0.29) is 0 Å². The Bertz CT molecular complexity index is 361. The quantitative estimate of drug-likeness (QED) is 0.900. The van der Waals surface area contributed by atoms with Crippen LogP contribution in [0.25, 0.3) is 0 Å². The van der Waals surface area contributed by atoms with Crippen molar-refractivity contribution < 1.29 is 0 Å². The largest absolute Gasteiger partial charge is 0.329 e. The summed E-state index contributed by atoms with van der Waals surface area (Å²) in [5.74, 6) is 0. The van der Waals surface area contributed by atoms with Gasteiger partial charge in [-0.25, -0.2) is 0 Å². The lowest BCUT2D eigenvalue weighted by molar-refractivity contribution is 0.137. The van der Waals surface area contributed by atoms with Gasteiger partial charge in [0.25, 0.3) is 0 Å². The van der Waals surface area contributed by atoms with Gasteiger partial charge in [-0.3, -0.25) is 4.90 Å². The van der Waals surface area contributed by atoms with Crippen molar-refractivity contribution >= 4 is 11.3 Å². The number of rotatable bonds is 4. The monoisotopic (exact) mass is 266 g/mol. The number of aryl methyl sites for hydroxylation is 1. The summed E-state index contributed by atoms with van der Waals surface area (Å²) in [5.41, 5.74) is 7.51. The Kier molecular flexibility index (Phi) is 5.22. The fourth-order valence-electron chi connectivity index (χ4n) is 3.17. The molecule has 2 unspecified atom stereocenters. The molecule has 2 atom stereocenters. The average Bonchev–Trinajstić information content (AvgIpc) is 2.67. The molecule has 2 nitrogen and oxygen atoms in total. The third-order valence-electron chi connectivity index (χ3n) is 4.22. The van der Waals surface area contributed by atoms with Gasteiger partial charge in [0.05, 0.1) is 6.04 Å². The highest BCUT2D eigenvalue weighted by Gasteiger charge is 2.28. The van der Waals surface area contributed by atoms with Gasteiger partial charge in [0.15, 0.2) is 0 Å². The predicted molar refractivity (Wildman–Crippen MR) is 80.1 cm³/mol. The van der Waals surface area contributed by atoms with Crippen molar-refractivity contribution in [3.8, 4) is 0 Å². The van der Waals surface area contributed by atoms with Crippen molar-refractivity contribution in [1.82, 2.24) is 4.90 Å². The van der Waals surface area contributed by atoms with Crippen LogP contribution in [0.5, 0.6) is 0 Å². The molecular formula is C15H26N2S. The third-order valence-corrected chi connectivity index (χ3v) is 5.34. The normalized spacial score (nSPS) is 23.8. The second-order valence-corrected chi connectivity index (χ2v) is 6.32. The summed E-state index contributed by atoms with van der Waals surface area (Å²) in [6.45, 7) is 6.50. The number of thiophene rings is 1. The Morgan fingerprint density at radius 1 is 1.44 bits per heavy atom. The van der Waals surface area contributed by atoms with E-state index < -0.39 is 0 Å². The lowest BCUT2D eigenvalue weighted by atomic mass is 10.0. The highest BCUT2D eigenvalue weighted by Crippen LogP contribution is 2.33. The first-order valence-electron chi connectivity index (χ1n) is 7.27. The average molecular weight is 266 g/mol. The molecule has 1 saturated heterocycles. The van der Waals surface area contributed by atoms with E-state index in [0.29, 0.717) is 6.04 Å². The van der Waals surface area contributed by atoms with Crippen molar-refractivity contribution in [3.63, 3.8) is 0 Å². The van der Waals surface area contributed by atoms with Crippen LogP contribution < -0.4 is 5.73 Å². The number of nitrogens with zero attached hydrogens (tertiary/aromatic N) is 1. The summed E-state index contributed by atoms with van der Waals surface area (Å²) >= 11 is 1.87. The molecule has 1 aromatic rings. The van der Waals surface area contributed by atoms with Gasteiger partial charge in [-0.2, -0.15) is 0 Å². The maximum Gasteiger partial charge on any atom is 0.0569 e. The molecule has 0 amide bonds. The van der Waals surface area contributed by atoms with E-state index in [2.05, 4.69) is 30.2 Å². The van der Waals surface area contributed by atoms with Crippen LogP contribution in [0, 0.1) is 6.92 Å². The number of hydrogen-bond acceptors (Lipinski definition) is 3. The van der Waals surface area contributed by atoms with Gasteiger partial charge in [0.2, 0.25) is 0 Å². The first-order chi connectivity index (χ1) is 8.77. The topological polar surface area (TPSA) is 29.3 Å². The summed E-state index contributed by atoms with van der Waals surface area (Å²) in [7, 11) is 0. The molecular weight excluding hydrogens is 240 g/mol. The minimum absolute atomic E-state index is 0.438. The summed E-state index contributed by atoms with van der Waals surface area (Å²) in [6, 6.07) is 3.39. The molecule has 2 N–H and O–H groups in total. The molecule has 1 aromatic heterocycles. The standard InChI is InChI=1S/C15H26N2S/c1-3-13-7-5-4-6-9-17(13)14(11-16)15-12(2)8-10-18-15/h8,10,13-14H,3-7,9,11,16H2,1-2H3. The van der Waals surface area contributed by atoms with E-state index in [9.17, 15) is 0 Å². The van der Waals surface area contributed by atoms with Crippen molar-refractivity contribution in [2.24, 2.45) is 5.73 Å². The van der Waals surface area contributed by atoms with Gasteiger partial charge in [-0.15, -0.1) is 11.3 Å². The van der Waals surface area contributed by atoms with E-state index in [1.54, 1.807) is 0 Å². The van der Waals surface area contributed by atoms with E-state index in [1.807, 2.05) is 11.3 Å². The van der Waals surface area contributed by atoms with Gasteiger partial charge >= 0.3 is 0 Å². The van der Waals surface area contributed by atoms with Crippen LogP contribution in [0.2, 0.25) is 0 Å². The van der Waals surface area contributed by atoms with E-state index in [1.165, 1.54) is 49.1 Å². The molecule has 2 rings (SSSR count). The molecule has 3 heteroatoms. The zero-order chi connectivity index (χ0) is 13.0. The number of nitrogens with two attached hydrogens (primary N) is 1.